The molecule has 0 aromatic carbocycles. The minimum absolute atomic E-state index is 0.435. The Bertz CT molecular complexity index is 222. The maximum absolute atomic E-state index is 5.66. The molecule has 0 saturated heterocycles. The summed E-state index contributed by atoms with van der Waals surface area (Å²) in [6.07, 6.45) is 2.59. The van der Waals surface area contributed by atoms with Crippen LogP contribution in [0.5, 0.6) is 5.88 Å². The minimum Gasteiger partial charge on any atom is -0.480 e. The molecule has 4 heteroatoms. The molecule has 1 aromatic heterocycles. The zero-order chi connectivity index (χ0) is 7.56. The Morgan fingerprint density at radius 3 is 2.90 bits per heavy atom. The molecule has 1 aromatic rings. The average Bonchev–Trinajstić information content (AvgIpc) is 2.30. The fraction of sp³-hybridized carbons (Fsp3) is 0.500. The standard InChI is InChI=1S/C6H8ClN2O/c1-3-9-6(10-2)5(7)4-8-9/h3H2,1-2H3. The van der Waals surface area contributed by atoms with E-state index >= 15 is 0 Å². The summed E-state index contributed by atoms with van der Waals surface area (Å²) in [7, 11) is 1.56. The first-order valence-corrected chi connectivity index (χ1v) is 3.35. The molecule has 1 radical (unpaired) electrons. The lowest BCUT2D eigenvalue weighted by molar-refractivity contribution is 0.364. The van der Waals surface area contributed by atoms with E-state index in [-0.39, 0.29) is 0 Å². The molecule has 0 bridgehead atoms. The van der Waals surface area contributed by atoms with Crippen molar-refractivity contribution in [3.63, 3.8) is 0 Å². The van der Waals surface area contributed by atoms with Crippen molar-refractivity contribution in [2.75, 3.05) is 7.11 Å². The highest BCUT2D eigenvalue weighted by molar-refractivity contribution is 6.31. The molecule has 0 saturated carbocycles. The number of aryl methyl sites for hydroxylation is 1. The first kappa shape index (κ1) is 7.41. The molecule has 0 aliphatic heterocycles. The van der Waals surface area contributed by atoms with Crippen LogP contribution >= 0.6 is 11.6 Å². The number of hydrogen-bond acceptors (Lipinski definition) is 2. The van der Waals surface area contributed by atoms with Crippen molar-refractivity contribution in [3.8, 4) is 5.88 Å². The molecule has 10 heavy (non-hydrogen) atoms. The summed E-state index contributed by atoms with van der Waals surface area (Å²) >= 11 is 5.66. The molecule has 0 aliphatic rings. The Balaban J connectivity index is 3.01. The van der Waals surface area contributed by atoms with Gasteiger partial charge in [0, 0.05) is 6.54 Å². The normalized spacial score (nSPS) is 9.90. The molecule has 55 valence electrons. The van der Waals surface area contributed by atoms with Crippen molar-refractivity contribution in [2.45, 2.75) is 13.5 Å². The molecule has 1 heterocycles. The maximum Gasteiger partial charge on any atom is 0.231 e. The van der Waals surface area contributed by atoms with Gasteiger partial charge in [0.1, 0.15) is 11.2 Å². The second-order valence-electron chi connectivity index (χ2n) is 1.75. The van der Waals surface area contributed by atoms with Gasteiger partial charge in [-0.2, -0.15) is 5.10 Å². The Labute approximate surface area is 64.6 Å². The monoisotopic (exact) mass is 159 g/mol. The summed E-state index contributed by atoms with van der Waals surface area (Å²) in [4.78, 5) is 0. The van der Waals surface area contributed by atoms with Crippen LogP contribution in [0.4, 0.5) is 0 Å². The number of halogens is 1. The van der Waals surface area contributed by atoms with Crippen LogP contribution < -0.4 is 4.74 Å². The highest BCUT2D eigenvalue weighted by atomic mass is 35.5. The quantitative estimate of drug-likeness (QED) is 0.652. The second-order valence-corrected chi connectivity index (χ2v) is 2.13. The number of ether oxygens (including phenoxy) is 1. The average molecular weight is 160 g/mol. The first-order valence-electron chi connectivity index (χ1n) is 2.97. The highest BCUT2D eigenvalue weighted by Crippen LogP contribution is 2.21. The van der Waals surface area contributed by atoms with Gasteiger partial charge < -0.3 is 4.74 Å². The van der Waals surface area contributed by atoms with E-state index in [1.54, 1.807) is 11.8 Å². The van der Waals surface area contributed by atoms with E-state index in [1.165, 1.54) is 0 Å². The van der Waals surface area contributed by atoms with E-state index in [0.717, 1.165) is 6.54 Å². The summed E-state index contributed by atoms with van der Waals surface area (Å²) in [6.45, 7) is 2.70. The van der Waals surface area contributed by atoms with Crippen LogP contribution in [-0.4, -0.2) is 16.9 Å². The van der Waals surface area contributed by atoms with Crippen LogP contribution in [0.2, 0.25) is 5.02 Å². The number of rotatable bonds is 2. The van der Waals surface area contributed by atoms with Gasteiger partial charge in [-0.1, -0.05) is 11.6 Å². The van der Waals surface area contributed by atoms with E-state index in [9.17, 15) is 0 Å². The number of methoxy groups -OCH3 is 1. The molecule has 0 fully saturated rings. The van der Waals surface area contributed by atoms with Crippen LogP contribution in [0.25, 0.3) is 0 Å². The van der Waals surface area contributed by atoms with E-state index in [4.69, 9.17) is 16.3 Å². The summed E-state index contributed by atoms with van der Waals surface area (Å²) in [5, 5.41) is 4.27. The van der Waals surface area contributed by atoms with Crippen molar-refractivity contribution in [3.05, 3.63) is 11.2 Å². The zero-order valence-electron chi connectivity index (χ0n) is 5.89. The Hall–Kier alpha value is -0.700. The molecule has 0 aliphatic carbocycles. The van der Waals surface area contributed by atoms with Crippen molar-refractivity contribution in [1.82, 2.24) is 9.78 Å². The summed E-state index contributed by atoms with van der Waals surface area (Å²) in [5.41, 5.74) is 0. The Morgan fingerprint density at radius 2 is 2.50 bits per heavy atom. The van der Waals surface area contributed by atoms with Crippen LogP contribution in [0.3, 0.4) is 0 Å². The molecule has 3 nitrogen and oxygen atoms in total. The van der Waals surface area contributed by atoms with E-state index in [0.29, 0.717) is 10.9 Å². The number of aromatic nitrogens is 2. The predicted octanol–water partition coefficient (Wildman–Crippen LogP) is 1.37. The maximum atomic E-state index is 5.66. The van der Waals surface area contributed by atoms with Crippen molar-refractivity contribution < 1.29 is 4.74 Å². The van der Waals surface area contributed by atoms with Crippen molar-refractivity contribution >= 4 is 11.6 Å². The van der Waals surface area contributed by atoms with Crippen LogP contribution in [0.15, 0.2) is 0 Å². The van der Waals surface area contributed by atoms with Gasteiger partial charge in [0.05, 0.1) is 7.11 Å². The molecule has 0 unspecified atom stereocenters. The molecule has 0 N–H and O–H groups in total. The topological polar surface area (TPSA) is 27.1 Å². The van der Waals surface area contributed by atoms with Gasteiger partial charge in [0.15, 0.2) is 0 Å². The largest absolute Gasteiger partial charge is 0.480 e. The van der Waals surface area contributed by atoms with Crippen molar-refractivity contribution in [2.24, 2.45) is 0 Å². The lowest BCUT2D eigenvalue weighted by Crippen LogP contribution is -1.99. The number of nitrogens with zero attached hydrogens (tertiary/aromatic N) is 2. The van der Waals surface area contributed by atoms with E-state index in [2.05, 4.69) is 11.3 Å². The Kier molecular flexibility index (Phi) is 2.17. The smallest absolute Gasteiger partial charge is 0.231 e. The van der Waals surface area contributed by atoms with E-state index in [1.807, 2.05) is 6.92 Å². The lowest BCUT2D eigenvalue weighted by atomic mass is 10.6. The molecule has 0 atom stereocenters. The lowest BCUT2D eigenvalue weighted by Gasteiger charge is -2.01. The third-order valence-electron chi connectivity index (χ3n) is 1.18. The molecular weight excluding hydrogens is 152 g/mol. The van der Waals surface area contributed by atoms with Gasteiger partial charge in [-0.15, -0.1) is 0 Å². The number of hydrogen-bond donors (Lipinski definition) is 0. The SMILES string of the molecule is CCn1n[c]c(Cl)c1OC. The van der Waals surface area contributed by atoms with E-state index < -0.39 is 0 Å². The minimum atomic E-state index is 0.435. The summed E-state index contributed by atoms with van der Waals surface area (Å²) in [6, 6.07) is 0. The molecule has 0 amide bonds. The molecule has 0 spiro atoms. The van der Waals surface area contributed by atoms with Crippen LogP contribution in [-0.2, 0) is 6.54 Å². The summed E-state index contributed by atoms with van der Waals surface area (Å²) < 4.78 is 6.59. The van der Waals surface area contributed by atoms with Gasteiger partial charge in [0.25, 0.3) is 0 Å². The fourth-order valence-corrected chi connectivity index (χ4v) is 0.933. The third kappa shape index (κ3) is 1.09. The molecule has 1 rings (SSSR count). The van der Waals surface area contributed by atoms with Gasteiger partial charge >= 0.3 is 0 Å². The zero-order valence-corrected chi connectivity index (χ0v) is 6.64. The van der Waals surface area contributed by atoms with Gasteiger partial charge in [0.2, 0.25) is 5.88 Å². The second kappa shape index (κ2) is 2.92. The Morgan fingerprint density at radius 1 is 1.80 bits per heavy atom. The van der Waals surface area contributed by atoms with Gasteiger partial charge in [-0.3, -0.25) is 0 Å². The summed E-state index contributed by atoms with van der Waals surface area (Å²) in [5.74, 6) is 0.573. The third-order valence-corrected chi connectivity index (χ3v) is 1.43. The molecular formula is C6H8ClN2O. The van der Waals surface area contributed by atoms with Gasteiger partial charge in [-0.25, -0.2) is 4.68 Å². The van der Waals surface area contributed by atoms with Crippen LogP contribution in [0.1, 0.15) is 6.92 Å². The first-order chi connectivity index (χ1) is 4.79. The van der Waals surface area contributed by atoms with Crippen molar-refractivity contribution in [1.29, 1.82) is 0 Å². The van der Waals surface area contributed by atoms with Crippen LogP contribution in [0, 0.1) is 6.20 Å². The highest BCUT2D eigenvalue weighted by Gasteiger charge is 2.06. The fourth-order valence-electron chi connectivity index (χ4n) is 0.720. The van der Waals surface area contributed by atoms with Gasteiger partial charge in [-0.05, 0) is 6.92 Å². The predicted molar refractivity (Wildman–Crippen MR) is 38.3 cm³/mol.